The van der Waals surface area contributed by atoms with Gasteiger partial charge in [0.15, 0.2) is 8.32 Å². The summed E-state index contributed by atoms with van der Waals surface area (Å²) in [6, 6.07) is -0.411. The van der Waals surface area contributed by atoms with Crippen molar-refractivity contribution >= 4 is 20.3 Å². The third-order valence-electron chi connectivity index (χ3n) is 4.60. The van der Waals surface area contributed by atoms with Crippen molar-refractivity contribution < 1.29 is 18.8 Å². The second-order valence-corrected chi connectivity index (χ2v) is 13.6. The summed E-state index contributed by atoms with van der Waals surface area (Å²) >= 11 is 0. The Kier molecular flexibility index (Phi) is 6.10. The van der Waals surface area contributed by atoms with Crippen LogP contribution in [0, 0.1) is 0 Å². The van der Waals surface area contributed by atoms with Gasteiger partial charge in [-0.15, -0.1) is 0 Å². The Balaban J connectivity index is 3.01. The third-order valence-corrected chi connectivity index (χ3v) is 9.10. The molecule has 0 spiro atoms. The maximum Gasteiger partial charge on any atom is 0.417 e. The lowest BCUT2D eigenvalue weighted by Gasteiger charge is -2.41. The second kappa shape index (κ2) is 7.00. The molecule has 6 heteroatoms. The Morgan fingerprint density at radius 2 is 1.79 bits per heavy atom. The summed E-state index contributed by atoms with van der Waals surface area (Å²) in [5, 5.41) is 0.0590. The Hall–Kier alpha value is -1.14. The van der Waals surface area contributed by atoms with Gasteiger partial charge in [0.2, 0.25) is 0 Å². The van der Waals surface area contributed by atoms with Crippen LogP contribution in [0.15, 0.2) is 12.2 Å². The summed E-state index contributed by atoms with van der Waals surface area (Å²) < 4.78 is 11.9. The molecule has 0 unspecified atom stereocenters. The summed E-state index contributed by atoms with van der Waals surface area (Å²) in [4.78, 5) is 25.8. The fraction of sp³-hybridized carbons (Fsp3) is 0.778. The Bertz CT molecular complexity index is 514. The maximum absolute atomic E-state index is 12.5. The highest BCUT2D eigenvalue weighted by molar-refractivity contribution is 6.74. The summed E-state index contributed by atoms with van der Waals surface area (Å²) in [5.74, 6) is -0.341. The zero-order valence-electron chi connectivity index (χ0n) is 16.6. The number of carbonyl (C=O) groups excluding carboxylic acids is 2. The predicted octanol–water partition coefficient (Wildman–Crippen LogP) is 4.49. The summed E-state index contributed by atoms with van der Waals surface area (Å²) in [7, 11) is -2.01. The highest BCUT2D eigenvalue weighted by Gasteiger charge is 2.44. The highest BCUT2D eigenvalue weighted by atomic mass is 28.4. The summed E-state index contributed by atoms with van der Waals surface area (Å²) in [6.45, 7) is 18.3. The molecule has 0 radical (unpaired) electrons. The van der Waals surface area contributed by atoms with Crippen molar-refractivity contribution in [2.75, 3.05) is 0 Å². The molecule has 138 valence electrons. The van der Waals surface area contributed by atoms with E-state index in [2.05, 4.69) is 33.9 Å². The van der Waals surface area contributed by atoms with E-state index in [1.807, 2.05) is 6.92 Å². The van der Waals surface area contributed by atoms with Crippen LogP contribution in [-0.4, -0.2) is 43.0 Å². The smallest absolute Gasteiger partial charge is 0.417 e. The molecule has 2 atom stereocenters. The van der Waals surface area contributed by atoms with E-state index >= 15 is 0 Å². The number of hydrogen-bond acceptors (Lipinski definition) is 4. The number of hydrogen-bond donors (Lipinski definition) is 0. The van der Waals surface area contributed by atoms with E-state index in [1.54, 1.807) is 26.8 Å². The Morgan fingerprint density at radius 1 is 1.25 bits per heavy atom. The lowest BCUT2D eigenvalue weighted by Crippen LogP contribution is -2.52. The predicted molar refractivity (Wildman–Crippen MR) is 98.4 cm³/mol. The first-order valence-corrected chi connectivity index (χ1v) is 11.5. The van der Waals surface area contributed by atoms with Gasteiger partial charge in [0.25, 0.3) is 5.91 Å². The number of nitrogens with zero attached hydrogens (tertiary/aromatic N) is 1. The number of ether oxygens (including phenoxy) is 1. The molecule has 1 heterocycles. The molecule has 0 aliphatic carbocycles. The fourth-order valence-electron chi connectivity index (χ4n) is 2.26. The molecule has 0 bridgehead atoms. The molecular formula is C18H33NO4Si. The second-order valence-electron chi connectivity index (χ2n) is 8.86. The van der Waals surface area contributed by atoms with Gasteiger partial charge in [-0.1, -0.05) is 33.8 Å². The van der Waals surface area contributed by atoms with Crippen LogP contribution in [0.2, 0.25) is 18.1 Å². The lowest BCUT2D eigenvalue weighted by molar-refractivity contribution is -0.126. The zero-order chi connectivity index (χ0) is 18.9. The molecular weight excluding hydrogens is 322 g/mol. The first-order valence-electron chi connectivity index (χ1n) is 8.62. The van der Waals surface area contributed by atoms with Gasteiger partial charge in [-0.25, -0.2) is 9.69 Å². The van der Waals surface area contributed by atoms with E-state index in [0.717, 1.165) is 0 Å². The van der Waals surface area contributed by atoms with Crippen molar-refractivity contribution in [3.63, 3.8) is 0 Å². The summed E-state index contributed by atoms with van der Waals surface area (Å²) in [5.41, 5.74) is -0.646. The van der Waals surface area contributed by atoms with Gasteiger partial charge in [-0.2, -0.15) is 0 Å². The first-order chi connectivity index (χ1) is 10.7. The van der Waals surface area contributed by atoms with Gasteiger partial charge in [0, 0.05) is 6.08 Å². The van der Waals surface area contributed by atoms with E-state index < -0.39 is 26.1 Å². The first kappa shape index (κ1) is 20.9. The van der Waals surface area contributed by atoms with Crippen LogP contribution in [0.1, 0.15) is 54.9 Å². The molecule has 0 fully saturated rings. The van der Waals surface area contributed by atoms with Crippen molar-refractivity contribution in [2.45, 2.75) is 90.8 Å². The lowest BCUT2D eigenvalue weighted by atomic mass is 10.1. The van der Waals surface area contributed by atoms with Crippen molar-refractivity contribution in [2.24, 2.45) is 0 Å². The monoisotopic (exact) mass is 355 g/mol. The number of carbonyl (C=O) groups is 2. The van der Waals surface area contributed by atoms with Crippen LogP contribution in [-0.2, 0) is 14.0 Å². The van der Waals surface area contributed by atoms with E-state index in [-0.39, 0.29) is 17.0 Å². The minimum Gasteiger partial charge on any atom is -0.443 e. The van der Waals surface area contributed by atoms with Gasteiger partial charge in [-0.05, 0) is 45.3 Å². The molecule has 2 amide bonds. The van der Waals surface area contributed by atoms with Gasteiger partial charge >= 0.3 is 6.09 Å². The van der Waals surface area contributed by atoms with Crippen LogP contribution < -0.4 is 0 Å². The normalized spacial score (nSPS) is 20.5. The highest BCUT2D eigenvalue weighted by Crippen LogP contribution is 2.38. The van der Waals surface area contributed by atoms with E-state index in [0.29, 0.717) is 6.42 Å². The molecule has 0 aromatic rings. The van der Waals surface area contributed by atoms with Crippen molar-refractivity contribution in [1.82, 2.24) is 4.90 Å². The van der Waals surface area contributed by atoms with Crippen LogP contribution >= 0.6 is 0 Å². The molecule has 0 aromatic heterocycles. The molecule has 0 N–H and O–H groups in total. The van der Waals surface area contributed by atoms with Crippen LogP contribution in [0.5, 0.6) is 0 Å². The minimum absolute atomic E-state index is 0.0590. The fourth-order valence-corrected chi connectivity index (χ4v) is 3.67. The molecule has 0 saturated carbocycles. The van der Waals surface area contributed by atoms with Crippen molar-refractivity contribution in [3.8, 4) is 0 Å². The Labute approximate surface area is 147 Å². The zero-order valence-corrected chi connectivity index (χ0v) is 17.6. The van der Waals surface area contributed by atoms with Gasteiger partial charge in [0.05, 0.1) is 12.1 Å². The van der Waals surface area contributed by atoms with Crippen LogP contribution in [0.25, 0.3) is 0 Å². The molecule has 1 aliphatic heterocycles. The van der Waals surface area contributed by atoms with E-state index in [9.17, 15) is 9.59 Å². The van der Waals surface area contributed by atoms with Crippen molar-refractivity contribution in [1.29, 1.82) is 0 Å². The molecule has 0 saturated heterocycles. The number of rotatable bonds is 4. The quantitative estimate of drug-likeness (QED) is 0.697. The SMILES string of the molecule is CC[C@H](O[Si](C)(C)C(C)(C)C)[C@@H]1C=CC(=O)N1C(=O)OC(C)(C)C. The van der Waals surface area contributed by atoms with Crippen LogP contribution in [0.3, 0.4) is 0 Å². The van der Waals surface area contributed by atoms with E-state index in [1.165, 1.54) is 11.0 Å². The molecule has 0 aromatic carbocycles. The van der Waals surface area contributed by atoms with Crippen molar-refractivity contribution in [3.05, 3.63) is 12.2 Å². The maximum atomic E-state index is 12.5. The largest absolute Gasteiger partial charge is 0.443 e. The number of imide groups is 1. The van der Waals surface area contributed by atoms with Crippen LogP contribution in [0.4, 0.5) is 4.79 Å². The molecule has 24 heavy (non-hydrogen) atoms. The average Bonchev–Trinajstić information content (AvgIpc) is 2.74. The molecule has 5 nitrogen and oxygen atoms in total. The number of amides is 2. The third kappa shape index (κ3) is 4.93. The topological polar surface area (TPSA) is 55.8 Å². The standard InChI is InChI=1S/C18H33NO4Si/c1-10-14(23-24(8,9)18(5,6)7)13-11-12-15(20)19(13)16(21)22-17(2,3)4/h11-14H,10H2,1-9H3/t13-,14-/m0/s1. The van der Waals surface area contributed by atoms with E-state index in [4.69, 9.17) is 9.16 Å². The molecule has 1 rings (SSSR count). The van der Waals surface area contributed by atoms with Gasteiger partial charge in [0.1, 0.15) is 5.60 Å². The molecule has 1 aliphatic rings. The average molecular weight is 356 g/mol. The minimum atomic E-state index is -2.01. The Morgan fingerprint density at radius 3 is 2.21 bits per heavy atom. The summed E-state index contributed by atoms with van der Waals surface area (Å²) in [6.07, 6.45) is 3.08. The van der Waals surface area contributed by atoms with Gasteiger partial charge in [-0.3, -0.25) is 4.79 Å². The van der Waals surface area contributed by atoms with Gasteiger partial charge < -0.3 is 9.16 Å².